The SMILES string of the molecule is Cc1ccc(C(=O)N[C@@H](C(=O)O)c2ccccc2)s1. The molecule has 1 aromatic heterocycles. The first-order valence-electron chi connectivity index (χ1n) is 5.73. The van der Waals surface area contributed by atoms with Gasteiger partial charge >= 0.3 is 5.97 Å². The van der Waals surface area contributed by atoms with Crippen molar-refractivity contribution in [1.29, 1.82) is 0 Å². The van der Waals surface area contributed by atoms with Crippen LogP contribution in [0, 0.1) is 6.92 Å². The predicted molar refractivity (Wildman–Crippen MR) is 73.3 cm³/mol. The van der Waals surface area contributed by atoms with Gasteiger partial charge in [0.15, 0.2) is 6.04 Å². The summed E-state index contributed by atoms with van der Waals surface area (Å²) >= 11 is 1.34. The maximum atomic E-state index is 12.0. The quantitative estimate of drug-likeness (QED) is 0.901. The van der Waals surface area contributed by atoms with Crippen LogP contribution in [0.15, 0.2) is 42.5 Å². The lowest BCUT2D eigenvalue weighted by molar-refractivity contribution is -0.139. The van der Waals surface area contributed by atoms with E-state index < -0.39 is 12.0 Å². The Bertz CT molecular complexity index is 592. The fourth-order valence-corrected chi connectivity index (χ4v) is 2.46. The van der Waals surface area contributed by atoms with Gasteiger partial charge in [-0.2, -0.15) is 0 Å². The number of amides is 1. The summed E-state index contributed by atoms with van der Waals surface area (Å²) in [4.78, 5) is 24.8. The van der Waals surface area contributed by atoms with Gasteiger partial charge in [-0.3, -0.25) is 4.79 Å². The molecule has 4 nitrogen and oxygen atoms in total. The highest BCUT2D eigenvalue weighted by atomic mass is 32.1. The fourth-order valence-electron chi connectivity index (χ4n) is 1.69. The highest BCUT2D eigenvalue weighted by Gasteiger charge is 2.22. The number of carboxylic acid groups (broad SMARTS) is 1. The summed E-state index contributed by atoms with van der Waals surface area (Å²) in [5.41, 5.74) is 0.552. The molecule has 1 aromatic carbocycles. The second-order valence-corrected chi connectivity index (χ2v) is 5.35. The number of nitrogens with one attached hydrogen (secondary N) is 1. The standard InChI is InChI=1S/C14H13NO3S/c1-9-7-8-11(19-9)13(16)15-12(14(17)18)10-5-3-2-4-6-10/h2-8,12H,1H3,(H,15,16)(H,17,18)/t12-/m1/s1. The van der Waals surface area contributed by atoms with E-state index in [1.165, 1.54) is 11.3 Å². The molecule has 1 heterocycles. The number of aryl methyl sites for hydroxylation is 1. The zero-order valence-electron chi connectivity index (χ0n) is 10.3. The topological polar surface area (TPSA) is 66.4 Å². The van der Waals surface area contributed by atoms with Gasteiger partial charge < -0.3 is 10.4 Å². The molecule has 0 radical (unpaired) electrons. The third-order valence-electron chi connectivity index (χ3n) is 2.62. The Morgan fingerprint density at radius 2 is 1.84 bits per heavy atom. The van der Waals surface area contributed by atoms with Crippen molar-refractivity contribution in [3.8, 4) is 0 Å². The van der Waals surface area contributed by atoms with Crippen molar-refractivity contribution in [1.82, 2.24) is 5.32 Å². The largest absolute Gasteiger partial charge is 0.479 e. The van der Waals surface area contributed by atoms with Crippen LogP contribution < -0.4 is 5.32 Å². The van der Waals surface area contributed by atoms with Crippen molar-refractivity contribution in [2.45, 2.75) is 13.0 Å². The Kier molecular flexibility index (Phi) is 3.97. The van der Waals surface area contributed by atoms with Gasteiger partial charge in [0.05, 0.1) is 4.88 Å². The fraction of sp³-hybridized carbons (Fsp3) is 0.143. The maximum absolute atomic E-state index is 12.0. The van der Waals surface area contributed by atoms with Crippen LogP contribution in [0.25, 0.3) is 0 Å². The van der Waals surface area contributed by atoms with Crippen LogP contribution in [0.2, 0.25) is 0 Å². The van der Waals surface area contributed by atoms with Gasteiger partial charge in [-0.1, -0.05) is 30.3 Å². The molecule has 1 amide bonds. The molecular weight excluding hydrogens is 262 g/mol. The Morgan fingerprint density at radius 1 is 1.16 bits per heavy atom. The summed E-state index contributed by atoms with van der Waals surface area (Å²) in [6.07, 6.45) is 0. The molecule has 0 spiro atoms. The van der Waals surface area contributed by atoms with Gasteiger partial charge in [-0.05, 0) is 24.6 Å². The van der Waals surface area contributed by atoms with Gasteiger partial charge in [0.1, 0.15) is 0 Å². The molecule has 0 fully saturated rings. The minimum absolute atomic E-state index is 0.366. The summed E-state index contributed by atoms with van der Waals surface area (Å²) in [7, 11) is 0. The number of thiophene rings is 1. The number of hydrogen-bond acceptors (Lipinski definition) is 3. The molecule has 2 aromatic rings. The summed E-state index contributed by atoms with van der Waals surface area (Å²) in [5, 5.41) is 11.8. The van der Waals surface area contributed by atoms with Crippen LogP contribution in [0.4, 0.5) is 0 Å². The Balaban J connectivity index is 2.18. The number of carboxylic acids is 1. The molecule has 2 rings (SSSR count). The van der Waals surface area contributed by atoms with E-state index in [1.54, 1.807) is 36.4 Å². The van der Waals surface area contributed by atoms with Crippen molar-refractivity contribution >= 4 is 23.2 Å². The normalized spacial score (nSPS) is 11.8. The summed E-state index contributed by atoms with van der Waals surface area (Å²) in [5.74, 6) is -1.44. The molecule has 5 heteroatoms. The lowest BCUT2D eigenvalue weighted by Crippen LogP contribution is -2.33. The molecule has 0 aliphatic heterocycles. The maximum Gasteiger partial charge on any atom is 0.330 e. The minimum atomic E-state index is -1.08. The summed E-state index contributed by atoms with van der Waals surface area (Å²) < 4.78 is 0. The Labute approximate surface area is 114 Å². The van der Waals surface area contributed by atoms with Crippen molar-refractivity contribution in [3.63, 3.8) is 0 Å². The number of aliphatic carboxylic acids is 1. The Hall–Kier alpha value is -2.14. The second-order valence-electron chi connectivity index (χ2n) is 4.07. The van der Waals surface area contributed by atoms with E-state index in [4.69, 9.17) is 0 Å². The lowest BCUT2D eigenvalue weighted by Gasteiger charge is -2.14. The van der Waals surface area contributed by atoms with E-state index in [2.05, 4.69) is 5.32 Å². The van der Waals surface area contributed by atoms with Crippen molar-refractivity contribution in [2.75, 3.05) is 0 Å². The van der Waals surface area contributed by atoms with Gasteiger partial charge in [0.25, 0.3) is 5.91 Å². The van der Waals surface area contributed by atoms with Gasteiger partial charge in [-0.15, -0.1) is 11.3 Å². The van der Waals surface area contributed by atoms with E-state index in [0.717, 1.165) is 4.88 Å². The first-order chi connectivity index (χ1) is 9.08. The number of rotatable bonds is 4. The predicted octanol–water partition coefficient (Wildman–Crippen LogP) is 2.61. The van der Waals surface area contributed by atoms with Crippen molar-refractivity contribution in [2.24, 2.45) is 0 Å². The number of carbonyl (C=O) groups is 2. The first-order valence-corrected chi connectivity index (χ1v) is 6.54. The molecule has 98 valence electrons. The molecule has 0 aliphatic rings. The molecule has 0 saturated carbocycles. The zero-order valence-corrected chi connectivity index (χ0v) is 11.1. The molecule has 0 unspecified atom stereocenters. The highest BCUT2D eigenvalue weighted by molar-refractivity contribution is 7.13. The molecule has 1 atom stereocenters. The molecule has 0 bridgehead atoms. The van der Waals surface area contributed by atoms with Crippen LogP contribution >= 0.6 is 11.3 Å². The van der Waals surface area contributed by atoms with Gasteiger partial charge in [0, 0.05) is 4.88 Å². The van der Waals surface area contributed by atoms with E-state index >= 15 is 0 Å². The molecular formula is C14H13NO3S. The van der Waals surface area contributed by atoms with E-state index in [-0.39, 0.29) is 5.91 Å². The highest BCUT2D eigenvalue weighted by Crippen LogP contribution is 2.18. The van der Waals surface area contributed by atoms with Crippen LogP contribution in [0.5, 0.6) is 0 Å². The van der Waals surface area contributed by atoms with Crippen LogP contribution in [-0.2, 0) is 4.79 Å². The Morgan fingerprint density at radius 3 is 2.37 bits per heavy atom. The average molecular weight is 275 g/mol. The molecule has 19 heavy (non-hydrogen) atoms. The molecule has 0 saturated heterocycles. The second kappa shape index (κ2) is 5.67. The third-order valence-corrected chi connectivity index (χ3v) is 3.62. The van der Waals surface area contributed by atoms with E-state index in [1.807, 2.05) is 13.0 Å². The van der Waals surface area contributed by atoms with Crippen molar-refractivity contribution < 1.29 is 14.7 Å². The van der Waals surface area contributed by atoms with Gasteiger partial charge in [0.2, 0.25) is 0 Å². The lowest BCUT2D eigenvalue weighted by atomic mass is 10.1. The van der Waals surface area contributed by atoms with E-state index in [0.29, 0.717) is 10.4 Å². The van der Waals surface area contributed by atoms with E-state index in [9.17, 15) is 14.7 Å². The first kappa shape index (κ1) is 13.3. The van der Waals surface area contributed by atoms with Crippen LogP contribution in [-0.4, -0.2) is 17.0 Å². The number of benzene rings is 1. The monoisotopic (exact) mass is 275 g/mol. The minimum Gasteiger partial charge on any atom is -0.479 e. The summed E-state index contributed by atoms with van der Waals surface area (Å²) in [6, 6.07) is 11.1. The third kappa shape index (κ3) is 3.20. The number of hydrogen-bond donors (Lipinski definition) is 2. The molecule has 2 N–H and O–H groups in total. The van der Waals surface area contributed by atoms with Crippen molar-refractivity contribution in [3.05, 3.63) is 57.8 Å². The van der Waals surface area contributed by atoms with Crippen LogP contribution in [0.1, 0.15) is 26.2 Å². The average Bonchev–Trinajstić information content (AvgIpc) is 2.83. The summed E-state index contributed by atoms with van der Waals surface area (Å²) in [6.45, 7) is 1.90. The van der Waals surface area contributed by atoms with Crippen LogP contribution in [0.3, 0.4) is 0 Å². The van der Waals surface area contributed by atoms with Gasteiger partial charge in [-0.25, -0.2) is 4.79 Å². The number of carbonyl (C=O) groups excluding carboxylic acids is 1. The molecule has 0 aliphatic carbocycles. The smallest absolute Gasteiger partial charge is 0.330 e. The zero-order chi connectivity index (χ0) is 13.8.